The summed E-state index contributed by atoms with van der Waals surface area (Å²) in [5, 5.41) is 1.97. The minimum absolute atomic E-state index is 0.217. The molecule has 0 amide bonds. The zero-order chi connectivity index (χ0) is 13.0. The van der Waals surface area contributed by atoms with Crippen LogP contribution in [0.3, 0.4) is 0 Å². The summed E-state index contributed by atoms with van der Waals surface area (Å²) in [6.45, 7) is 3.61. The van der Waals surface area contributed by atoms with Gasteiger partial charge in [-0.15, -0.1) is 0 Å². The molecule has 0 aliphatic carbocycles. The van der Waals surface area contributed by atoms with E-state index in [4.69, 9.17) is 0 Å². The SMILES string of the molecule is CCNC(CCC(F)(F)F)C(C)S(C)(=O)=O. The molecule has 0 aliphatic heterocycles. The fraction of sp³-hybridized carbons (Fsp3) is 1.00. The Morgan fingerprint density at radius 1 is 1.31 bits per heavy atom. The highest BCUT2D eigenvalue weighted by Crippen LogP contribution is 2.24. The van der Waals surface area contributed by atoms with E-state index >= 15 is 0 Å². The van der Waals surface area contributed by atoms with Crippen molar-refractivity contribution in [1.29, 1.82) is 0 Å². The van der Waals surface area contributed by atoms with Crippen LogP contribution in [-0.2, 0) is 9.84 Å². The molecule has 0 aromatic carbocycles. The highest BCUT2D eigenvalue weighted by atomic mass is 32.2. The van der Waals surface area contributed by atoms with Crippen LogP contribution in [-0.4, -0.2) is 38.7 Å². The van der Waals surface area contributed by atoms with Gasteiger partial charge in [0.2, 0.25) is 0 Å². The van der Waals surface area contributed by atoms with E-state index in [-0.39, 0.29) is 6.42 Å². The van der Waals surface area contributed by atoms with E-state index < -0.39 is 33.7 Å². The van der Waals surface area contributed by atoms with Gasteiger partial charge in [0.05, 0.1) is 5.25 Å². The third-order valence-electron chi connectivity index (χ3n) is 2.45. The standard InChI is InChI=1S/C9H18F3NO2S/c1-4-13-8(5-6-9(10,11)12)7(2)16(3,14)15/h7-8,13H,4-6H2,1-3H3. The van der Waals surface area contributed by atoms with Gasteiger partial charge in [-0.2, -0.15) is 13.2 Å². The minimum Gasteiger partial charge on any atom is -0.313 e. The van der Waals surface area contributed by atoms with Crippen LogP contribution in [0.2, 0.25) is 0 Å². The van der Waals surface area contributed by atoms with Crippen molar-refractivity contribution >= 4 is 9.84 Å². The van der Waals surface area contributed by atoms with Crippen molar-refractivity contribution in [3.63, 3.8) is 0 Å². The van der Waals surface area contributed by atoms with Gasteiger partial charge in [0.15, 0.2) is 9.84 Å². The van der Waals surface area contributed by atoms with E-state index in [1.165, 1.54) is 6.92 Å². The summed E-state index contributed by atoms with van der Waals surface area (Å²) >= 11 is 0. The van der Waals surface area contributed by atoms with E-state index in [0.29, 0.717) is 6.54 Å². The van der Waals surface area contributed by atoms with Crippen molar-refractivity contribution in [1.82, 2.24) is 5.32 Å². The van der Waals surface area contributed by atoms with Gasteiger partial charge in [0, 0.05) is 18.7 Å². The van der Waals surface area contributed by atoms with Gasteiger partial charge in [-0.1, -0.05) is 6.92 Å². The number of sulfone groups is 1. The first-order valence-electron chi connectivity index (χ1n) is 5.07. The Labute approximate surface area is 94.3 Å². The van der Waals surface area contributed by atoms with Crippen molar-refractivity contribution < 1.29 is 21.6 Å². The third-order valence-corrected chi connectivity index (χ3v) is 4.13. The van der Waals surface area contributed by atoms with Crippen LogP contribution in [0.25, 0.3) is 0 Å². The number of hydrogen-bond donors (Lipinski definition) is 1. The van der Waals surface area contributed by atoms with Gasteiger partial charge in [0.25, 0.3) is 0 Å². The molecule has 16 heavy (non-hydrogen) atoms. The van der Waals surface area contributed by atoms with Gasteiger partial charge in [0.1, 0.15) is 0 Å². The predicted molar refractivity (Wildman–Crippen MR) is 57.1 cm³/mol. The summed E-state index contributed by atoms with van der Waals surface area (Å²) < 4.78 is 58.6. The summed E-state index contributed by atoms with van der Waals surface area (Å²) in [6.07, 6.45) is -4.39. The maximum absolute atomic E-state index is 12.0. The van der Waals surface area contributed by atoms with Gasteiger partial charge in [-0.05, 0) is 19.9 Å². The number of halogens is 3. The van der Waals surface area contributed by atoms with E-state index in [9.17, 15) is 21.6 Å². The first kappa shape index (κ1) is 15.7. The first-order valence-corrected chi connectivity index (χ1v) is 7.02. The van der Waals surface area contributed by atoms with E-state index in [1.807, 2.05) is 0 Å². The normalized spacial score (nSPS) is 17.1. The number of alkyl halides is 3. The van der Waals surface area contributed by atoms with Crippen LogP contribution in [0.4, 0.5) is 13.2 Å². The van der Waals surface area contributed by atoms with Gasteiger partial charge in [-0.3, -0.25) is 0 Å². The molecule has 0 heterocycles. The molecular formula is C9H18F3NO2S. The highest BCUT2D eigenvalue weighted by Gasteiger charge is 2.32. The molecule has 0 rings (SSSR count). The van der Waals surface area contributed by atoms with Crippen LogP contribution in [0, 0.1) is 0 Å². The molecule has 7 heteroatoms. The molecule has 0 fully saturated rings. The van der Waals surface area contributed by atoms with E-state index in [0.717, 1.165) is 6.26 Å². The molecule has 2 atom stereocenters. The lowest BCUT2D eigenvalue weighted by Gasteiger charge is -2.23. The molecular weight excluding hydrogens is 243 g/mol. The Hall–Kier alpha value is -0.300. The molecule has 0 aromatic rings. The number of nitrogens with one attached hydrogen (secondary N) is 1. The molecule has 0 radical (unpaired) electrons. The van der Waals surface area contributed by atoms with Crippen LogP contribution in [0.15, 0.2) is 0 Å². The van der Waals surface area contributed by atoms with Crippen LogP contribution < -0.4 is 5.32 Å². The summed E-state index contributed by atoms with van der Waals surface area (Å²) in [5.41, 5.74) is 0. The summed E-state index contributed by atoms with van der Waals surface area (Å²) in [6, 6.07) is -0.651. The average Bonchev–Trinajstić information content (AvgIpc) is 2.08. The molecule has 3 nitrogen and oxygen atoms in total. The van der Waals surface area contributed by atoms with Crippen molar-refractivity contribution in [2.24, 2.45) is 0 Å². The minimum atomic E-state index is -4.25. The third kappa shape index (κ3) is 6.32. The molecule has 0 aliphatic rings. The Kier molecular flexibility index (Phi) is 5.75. The van der Waals surface area contributed by atoms with Crippen LogP contribution >= 0.6 is 0 Å². The highest BCUT2D eigenvalue weighted by molar-refractivity contribution is 7.91. The topological polar surface area (TPSA) is 46.2 Å². The van der Waals surface area contributed by atoms with Crippen molar-refractivity contribution in [2.75, 3.05) is 12.8 Å². The summed E-state index contributed by atoms with van der Waals surface area (Å²) in [5.74, 6) is 0. The second kappa shape index (κ2) is 5.86. The Morgan fingerprint density at radius 3 is 2.12 bits per heavy atom. The molecule has 0 aromatic heterocycles. The first-order chi connectivity index (χ1) is 7.08. The number of rotatable bonds is 6. The largest absolute Gasteiger partial charge is 0.389 e. The Balaban J connectivity index is 4.50. The van der Waals surface area contributed by atoms with E-state index in [2.05, 4.69) is 5.32 Å². The quantitative estimate of drug-likeness (QED) is 0.792. The zero-order valence-electron chi connectivity index (χ0n) is 9.63. The second-order valence-electron chi connectivity index (χ2n) is 3.85. The molecule has 1 N–H and O–H groups in total. The second-order valence-corrected chi connectivity index (χ2v) is 6.26. The van der Waals surface area contributed by atoms with Gasteiger partial charge in [-0.25, -0.2) is 8.42 Å². The lowest BCUT2D eigenvalue weighted by atomic mass is 10.1. The molecule has 0 saturated heterocycles. The van der Waals surface area contributed by atoms with Gasteiger partial charge >= 0.3 is 6.18 Å². The van der Waals surface area contributed by atoms with Crippen molar-refractivity contribution in [3.05, 3.63) is 0 Å². The summed E-state index contributed by atoms with van der Waals surface area (Å²) in [7, 11) is -3.32. The van der Waals surface area contributed by atoms with E-state index in [1.54, 1.807) is 6.92 Å². The Bertz CT molecular complexity index is 300. The van der Waals surface area contributed by atoms with Crippen LogP contribution in [0.1, 0.15) is 26.7 Å². The molecule has 0 saturated carbocycles. The Morgan fingerprint density at radius 2 is 1.81 bits per heavy atom. The molecule has 0 bridgehead atoms. The van der Waals surface area contributed by atoms with Crippen LogP contribution in [0.5, 0.6) is 0 Å². The smallest absolute Gasteiger partial charge is 0.313 e. The summed E-state index contributed by atoms with van der Waals surface area (Å²) in [4.78, 5) is 0. The lowest BCUT2D eigenvalue weighted by molar-refractivity contribution is -0.136. The molecule has 0 spiro atoms. The zero-order valence-corrected chi connectivity index (χ0v) is 10.5. The fourth-order valence-corrected chi connectivity index (χ4v) is 2.21. The predicted octanol–water partition coefficient (Wildman–Crippen LogP) is 1.74. The van der Waals surface area contributed by atoms with Crippen molar-refractivity contribution in [3.8, 4) is 0 Å². The maximum Gasteiger partial charge on any atom is 0.389 e. The number of hydrogen-bond acceptors (Lipinski definition) is 3. The average molecular weight is 261 g/mol. The molecule has 2 unspecified atom stereocenters. The van der Waals surface area contributed by atoms with Crippen molar-refractivity contribution in [2.45, 2.75) is 44.2 Å². The molecule has 98 valence electrons. The lowest BCUT2D eigenvalue weighted by Crippen LogP contribution is -2.42. The maximum atomic E-state index is 12.0. The fourth-order valence-electron chi connectivity index (χ4n) is 1.38. The van der Waals surface area contributed by atoms with Gasteiger partial charge < -0.3 is 5.32 Å². The monoisotopic (exact) mass is 261 g/mol.